The fourth-order valence-electron chi connectivity index (χ4n) is 1.76. The van der Waals surface area contributed by atoms with E-state index in [0.717, 1.165) is 5.56 Å². The number of ether oxygens (including phenoxy) is 1. The highest BCUT2D eigenvalue weighted by molar-refractivity contribution is 5.84. The molecule has 0 aliphatic rings. The smallest absolute Gasteiger partial charge is 0.326 e. The predicted molar refractivity (Wildman–Crippen MR) is 75.2 cm³/mol. The quantitative estimate of drug-likeness (QED) is 0.483. The number of nitrogens with one attached hydrogen (secondary N) is 1. The van der Waals surface area contributed by atoms with E-state index in [0.29, 0.717) is 25.1 Å². The molecule has 0 heterocycles. The van der Waals surface area contributed by atoms with E-state index in [1.54, 1.807) is 31.4 Å². The molecule has 1 unspecified atom stereocenters. The van der Waals surface area contributed by atoms with Crippen molar-refractivity contribution in [3.05, 3.63) is 29.8 Å². The molecule has 6 nitrogen and oxygen atoms in total. The number of benzene rings is 1. The van der Waals surface area contributed by atoms with Crippen molar-refractivity contribution in [1.29, 1.82) is 0 Å². The van der Waals surface area contributed by atoms with E-state index in [-0.39, 0.29) is 12.3 Å². The van der Waals surface area contributed by atoms with Gasteiger partial charge >= 0.3 is 5.97 Å². The Morgan fingerprint density at radius 1 is 1.35 bits per heavy atom. The van der Waals surface area contributed by atoms with Crippen LogP contribution in [0.4, 0.5) is 5.69 Å². The minimum atomic E-state index is -1.04. The lowest BCUT2D eigenvalue weighted by Crippen LogP contribution is -2.41. The summed E-state index contributed by atoms with van der Waals surface area (Å²) in [5.41, 5.74) is 6.97. The molecule has 0 aromatic heterocycles. The molecule has 110 valence electrons. The van der Waals surface area contributed by atoms with Crippen LogP contribution in [0, 0.1) is 0 Å². The molecule has 0 aliphatic heterocycles. The molecule has 0 radical (unpaired) electrons. The molecule has 1 aromatic rings. The molecule has 0 spiro atoms. The number of nitrogens with two attached hydrogens (primary N) is 1. The topological polar surface area (TPSA) is 102 Å². The van der Waals surface area contributed by atoms with Crippen LogP contribution in [0.3, 0.4) is 0 Å². The summed E-state index contributed by atoms with van der Waals surface area (Å²) >= 11 is 0. The van der Waals surface area contributed by atoms with Crippen LogP contribution in [-0.2, 0) is 20.7 Å². The Morgan fingerprint density at radius 2 is 2.00 bits per heavy atom. The standard InChI is InChI=1S/C14H20N2O4/c1-20-8-2-3-12(14(18)19)16-13(17)9-10-4-6-11(15)7-5-10/h4-7,12H,2-3,8-9,15H2,1H3,(H,16,17)(H,18,19). The van der Waals surface area contributed by atoms with Gasteiger partial charge in [0.2, 0.25) is 5.91 Å². The van der Waals surface area contributed by atoms with Gasteiger partial charge in [-0.25, -0.2) is 4.79 Å². The lowest BCUT2D eigenvalue weighted by Gasteiger charge is -2.14. The minimum Gasteiger partial charge on any atom is -0.480 e. The summed E-state index contributed by atoms with van der Waals surface area (Å²) in [6.45, 7) is 0.470. The molecule has 1 atom stereocenters. The van der Waals surface area contributed by atoms with Crippen molar-refractivity contribution in [2.45, 2.75) is 25.3 Å². The number of carbonyl (C=O) groups excluding carboxylic acids is 1. The highest BCUT2D eigenvalue weighted by Gasteiger charge is 2.19. The molecule has 0 saturated heterocycles. The van der Waals surface area contributed by atoms with Gasteiger partial charge in [0.25, 0.3) is 0 Å². The van der Waals surface area contributed by atoms with Crippen molar-refractivity contribution >= 4 is 17.6 Å². The minimum absolute atomic E-state index is 0.133. The number of carboxylic acid groups (broad SMARTS) is 1. The van der Waals surface area contributed by atoms with Gasteiger partial charge in [-0.05, 0) is 30.5 Å². The molecular formula is C14H20N2O4. The zero-order valence-electron chi connectivity index (χ0n) is 11.5. The molecule has 1 rings (SSSR count). The van der Waals surface area contributed by atoms with Crippen LogP contribution in [0.15, 0.2) is 24.3 Å². The summed E-state index contributed by atoms with van der Waals surface area (Å²) in [5, 5.41) is 11.6. The fourth-order valence-corrected chi connectivity index (χ4v) is 1.76. The number of hydrogen-bond donors (Lipinski definition) is 3. The van der Waals surface area contributed by atoms with Crippen molar-refractivity contribution < 1.29 is 19.4 Å². The summed E-state index contributed by atoms with van der Waals surface area (Å²) in [7, 11) is 1.55. The van der Waals surface area contributed by atoms with E-state index < -0.39 is 12.0 Å². The number of rotatable bonds is 8. The summed E-state index contributed by atoms with van der Waals surface area (Å²) in [5.74, 6) is -1.36. The molecule has 6 heteroatoms. The maximum Gasteiger partial charge on any atom is 0.326 e. The predicted octanol–water partition coefficient (Wildman–Crippen LogP) is 0.807. The molecule has 0 saturated carbocycles. The average molecular weight is 280 g/mol. The van der Waals surface area contributed by atoms with Gasteiger partial charge < -0.3 is 20.9 Å². The van der Waals surface area contributed by atoms with E-state index in [1.807, 2.05) is 0 Å². The number of hydrogen-bond acceptors (Lipinski definition) is 4. The van der Waals surface area contributed by atoms with Gasteiger partial charge in [-0.1, -0.05) is 12.1 Å². The van der Waals surface area contributed by atoms with Crippen LogP contribution in [-0.4, -0.2) is 36.7 Å². The first-order valence-corrected chi connectivity index (χ1v) is 6.38. The zero-order chi connectivity index (χ0) is 15.0. The fraction of sp³-hybridized carbons (Fsp3) is 0.429. The number of methoxy groups -OCH3 is 1. The summed E-state index contributed by atoms with van der Waals surface area (Å²) in [4.78, 5) is 22.9. The lowest BCUT2D eigenvalue weighted by molar-refractivity contribution is -0.142. The number of nitrogen functional groups attached to an aromatic ring is 1. The maximum absolute atomic E-state index is 11.8. The second kappa shape index (κ2) is 8.16. The zero-order valence-corrected chi connectivity index (χ0v) is 11.5. The molecule has 1 amide bonds. The number of carboxylic acids is 1. The number of amides is 1. The first-order valence-electron chi connectivity index (χ1n) is 6.38. The largest absolute Gasteiger partial charge is 0.480 e. The van der Waals surface area contributed by atoms with Crippen LogP contribution >= 0.6 is 0 Å². The molecule has 20 heavy (non-hydrogen) atoms. The van der Waals surface area contributed by atoms with E-state index in [2.05, 4.69) is 5.32 Å². The van der Waals surface area contributed by atoms with E-state index in [4.69, 9.17) is 15.6 Å². The molecule has 1 aromatic carbocycles. The van der Waals surface area contributed by atoms with Gasteiger partial charge in [-0.3, -0.25) is 4.79 Å². The van der Waals surface area contributed by atoms with Crippen LogP contribution in [0.25, 0.3) is 0 Å². The SMILES string of the molecule is COCCCC(NC(=O)Cc1ccc(N)cc1)C(=O)O. The van der Waals surface area contributed by atoms with Crippen molar-refractivity contribution in [2.24, 2.45) is 0 Å². The number of carbonyl (C=O) groups is 2. The summed E-state index contributed by atoms with van der Waals surface area (Å²) in [6.07, 6.45) is 1.06. The van der Waals surface area contributed by atoms with Crippen LogP contribution < -0.4 is 11.1 Å². The summed E-state index contributed by atoms with van der Waals surface area (Å²) in [6, 6.07) is 6.02. The first-order chi connectivity index (χ1) is 9.52. The van der Waals surface area contributed by atoms with Crippen LogP contribution in [0.2, 0.25) is 0 Å². The lowest BCUT2D eigenvalue weighted by atomic mass is 10.1. The number of anilines is 1. The molecule has 0 bridgehead atoms. The molecule has 4 N–H and O–H groups in total. The molecule has 0 aliphatic carbocycles. The Morgan fingerprint density at radius 3 is 2.55 bits per heavy atom. The van der Waals surface area contributed by atoms with E-state index in [9.17, 15) is 9.59 Å². The monoisotopic (exact) mass is 280 g/mol. The van der Waals surface area contributed by atoms with Crippen molar-refractivity contribution in [3.8, 4) is 0 Å². The number of aliphatic carboxylic acids is 1. The van der Waals surface area contributed by atoms with Gasteiger partial charge in [0.05, 0.1) is 6.42 Å². The molecular weight excluding hydrogens is 260 g/mol. The maximum atomic E-state index is 11.8. The Bertz CT molecular complexity index is 445. The average Bonchev–Trinajstić information content (AvgIpc) is 2.40. The Kier molecular flexibility index (Phi) is 6.52. The third-order valence-electron chi connectivity index (χ3n) is 2.82. The third-order valence-corrected chi connectivity index (χ3v) is 2.82. The van der Waals surface area contributed by atoms with Crippen LogP contribution in [0.1, 0.15) is 18.4 Å². The van der Waals surface area contributed by atoms with E-state index in [1.165, 1.54) is 0 Å². The van der Waals surface area contributed by atoms with Gasteiger partial charge in [-0.2, -0.15) is 0 Å². The Balaban J connectivity index is 2.48. The van der Waals surface area contributed by atoms with Crippen molar-refractivity contribution in [3.63, 3.8) is 0 Å². The second-order valence-corrected chi connectivity index (χ2v) is 4.51. The Hall–Kier alpha value is -2.08. The van der Waals surface area contributed by atoms with Gasteiger partial charge in [0.1, 0.15) is 6.04 Å². The highest BCUT2D eigenvalue weighted by atomic mass is 16.5. The van der Waals surface area contributed by atoms with Gasteiger partial charge in [0, 0.05) is 19.4 Å². The first kappa shape index (κ1) is 16.0. The van der Waals surface area contributed by atoms with Crippen LogP contribution in [0.5, 0.6) is 0 Å². The van der Waals surface area contributed by atoms with Gasteiger partial charge in [0.15, 0.2) is 0 Å². The normalized spacial score (nSPS) is 11.8. The van der Waals surface area contributed by atoms with Crippen molar-refractivity contribution in [2.75, 3.05) is 19.5 Å². The van der Waals surface area contributed by atoms with Gasteiger partial charge in [-0.15, -0.1) is 0 Å². The third kappa shape index (κ3) is 5.71. The second-order valence-electron chi connectivity index (χ2n) is 4.51. The summed E-state index contributed by atoms with van der Waals surface area (Å²) < 4.78 is 4.87. The highest BCUT2D eigenvalue weighted by Crippen LogP contribution is 2.06. The molecule has 0 fully saturated rings. The van der Waals surface area contributed by atoms with Crippen molar-refractivity contribution in [1.82, 2.24) is 5.32 Å². The van der Waals surface area contributed by atoms with E-state index >= 15 is 0 Å². The Labute approximate surface area is 117 Å².